The van der Waals surface area contributed by atoms with Crippen LogP contribution in [0.3, 0.4) is 0 Å². The van der Waals surface area contributed by atoms with Crippen LogP contribution < -0.4 is 5.73 Å². The van der Waals surface area contributed by atoms with Crippen molar-refractivity contribution in [1.29, 1.82) is 0 Å². The Labute approximate surface area is 68.0 Å². The van der Waals surface area contributed by atoms with Gasteiger partial charge in [0.2, 0.25) is 0 Å². The van der Waals surface area contributed by atoms with E-state index in [1.165, 1.54) is 25.7 Å². The molecule has 0 spiro atoms. The van der Waals surface area contributed by atoms with E-state index in [1.807, 2.05) is 0 Å². The van der Waals surface area contributed by atoms with E-state index >= 15 is 0 Å². The van der Waals surface area contributed by atoms with Crippen molar-refractivity contribution in [1.82, 2.24) is 0 Å². The first kappa shape index (κ1) is 7.11. The standard InChI is InChI=1S/C10H15N/c11-10-6-5-8-3-1-2-4-9(8)7-10/h1,3,7-8,10H,2,4-6,11H2. The molecule has 2 rings (SSSR count). The van der Waals surface area contributed by atoms with E-state index in [1.54, 1.807) is 5.57 Å². The molecule has 60 valence electrons. The Morgan fingerprint density at radius 2 is 2.27 bits per heavy atom. The molecule has 0 aromatic heterocycles. The van der Waals surface area contributed by atoms with Crippen LogP contribution in [0.15, 0.2) is 23.8 Å². The summed E-state index contributed by atoms with van der Waals surface area (Å²) in [5, 5.41) is 0. The van der Waals surface area contributed by atoms with Gasteiger partial charge in [-0.2, -0.15) is 0 Å². The molecule has 0 aromatic rings. The van der Waals surface area contributed by atoms with Crippen LogP contribution in [-0.4, -0.2) is 6.04 Å². The highest BCUT2D eigenvalue weighted by molar-refractivity contribution is 5.22. The Kier molecular flexibility index (Phi) is 1.82. The summed E-state index contributed by atoms with van der Waals surface area (Å²) in [4.78, 5) is 0. The van der Waals surface area contributed by atoms with Crippen molar-refractivity contribution in [3.63, 3.8) is 0 Å². The van der Waals surface area contributed by atoms with Gasteiger partial charge in [0.15, 0.2) is 0 Å². The smallest absolute Gasteiger partial charge is 0.0226 e. The molecule has 2 aliphatic carbocycles. The van der Waals surface area contributed by atoms with Crippen LogP contribution in [0.25, 0.3) is 0 Å². The minimum atomic E-state index is 0.341. The lowest BCUT2D eigenvalue weighted by molar-refractivity contribution is 0.524. The van der Waals surface area contributed by atoms with Crippen molar-refractivity contribution in [2.45, 2.75) is 31.7 Å². The number of nitrogens with two attached hydrogens (primary N) is 1. The molecule has 0 fully saturated rings. The number of hydrogen-bond acceptors (Lipinski definition) is 1. The number of allylic oxidation sites excluding steroid dienone is 3. The van der Waals surface area contributed by atoms with Gasteiger partial charge in [-0.15, -0.1) is 0 Å². The lowest BCUT2D eigenvalue weighted by atomic mass is 9.80. The molecule has 0 saturated heterocycles. The Hall–Kier alpha value is -0.560. The molecule has 2 aliphatic rings. The molecule has 0 aliphatic heterocycles. The van der Waals surface area contributed by atoms with Gasteiger partial charge in [0, 0.05) is 6.04 Å². The molecule has 0 bridgehead atoms. The molecule has 2 unspecified atom stereocenters. The molecule has 1 nitrogen and oxygen atoms in total. The van der Waals surface area contributed by atoms with Crippen molar-refractivity contribution in [2.24, 2.45) is 11.7 Å². The summed E-state index contributed by atoms with van der Waals surface area (Å²) in [6, 6.07) is 0.341. The fraction of sp³-hybridized carbons (Fsp3) is 0.600. The average molecular weight is 149 g/mol. The molecule has 0 aromatic carbocycles. The molecule has 0 radical (unpaired) electrons. The van der Waals surface area contributed by atoms with Crippen LogP contribution in [0.4, 0.5) is 0 Å². The van der Waals surface area contributed by atoms with Gasteiger partial charge in [-0.05, 0) is 31.6 Å². The van der Waals surface area contributed by atoms with Crippen molar-refractivity contribution >= 4 is 0 Å². The van der Waals surface area contributed by atoms with Crippen LogP contribution in [0.1, 0.15) is 25.7 Å². The SMILES string of the molecule is NC1C=C2CCC=CC2CC1. The van der Waals surface area contributed by atoms with Gasteiger partial charge in [0.05, 0.1) is 0 Å². The molecular weight excluding hydrogens is 134 g/mol. The first-order valence-corrected chi connectivity index (χ1v) is 4.49. The maximum absolute atomic E-state index is 5.84. The zero-order valence-electron chi connectivity index (χ0n) is 6.79. The van der Waals surface area contributed by atoms with Crippen molar-refractivity contribution in [3.05, 3.63) is 23.8 Å². The normalized spacial score (nSPS) is 36.3. The summed E-state index contributed by atoms with van der Waals surface area (Å²) in [6.07, 6.45) is 11.8. The molecule has 2 atom stereocenters. The molecule has 2 N–H and O–H groups in total. The van der Waals surface area contributed by atoms with Crippen LogP contribution >= 0.6 is 0 Å². The minimum absolute atomic E-state index is 0.341. The van der Waals surface area contributed by atoms with E-state index in [9.17, 15) is 0 Å². The zero-order chi connectivity index (χ0) is 7.68. The summed E-state index contributed by atoms with van der Waals surface area (Å²) in [6.45, 7) is 0. The van der Waals surface area contributed by atoms with E-state index in [0.29, 0.717) is 6.04 Å². The minimum Gasteiger partial charge on any atom is -0.324 e. The lowest BCUT2D eigenvalue weighted by Gasteiger charge is -2.27. The fourth-order valence-electron chi connectivity index (χ4n) is 2.04. The molecule has 1 heteroatoms. The average Bonchev–Trinajstić information content (AvgIpc) is 2.04. The first-order chi connectivity index (χ1) is 5.36. The van der Waals surface area contributed by atoms with Gasteiger partial charge in [-0.1, -0.05) is 23.8 Å². The third kappa shape index (κ3) is 1.38. The third-order valence-electron chi connectivity index (χ3n) is 2.68. The number of hydrogen-bond donors (Lipinski definition) is 1. The molecule has 0 saturated carbocycles. The molecule has 0 heterocycles. The zero-order valence-corrected chi connectivity index (χ0v) is 6.79. The molecular formula is C10H15N. The van der Waals surface area contributed by atoms with Crippen LogP contribution in [0, 0.1) is 5.92 Å². The fourth-order valence-corrected chi connectivity index (χ4v) is 2.04. The van der Waals surface area contributed by atoms with Gasteiger partial charge >= 0.3 is 0 Å². The van der Waals surface area contributed by atoms with E-state index in [0.717, 1.165) is 5.92 Å². The van der Waals surface area contributed by atoms with Gasteiger partial charge in [0.1, 0.15) is 0 Å². The monoisotopic (exact) mass is 149 g/mol. The first-order valence-electron chi connectivity index (χ1n) is 4.49. The van der Waals surface area contributed by atoms with Crippen molar-refractivity contribution < 1.29 is 0 Å². The third-order valence-corrected chi connectivity index (χ3v) is 2.68. The second-order valence-electron chi connectivity index (χ2n) is 3.56. The quantitative estimate of drug-likeness (QED) is 0.524. The Morgan fingerprint density at radius 1 is 1.36 bits per heavy atom. The van der Waals surface area contributed by atoms with Gasteiger partial charge in [0.25, 0.3) is 0 Å². The Balaban J connectivity index is 2.20. The summed E-state index contributed by atoms with van der Waals surface area (Å²) in [7, 11) is 0. The number of fused-ring (bicyclic) bond motifs is 1. The summed E-state index contributed by atoms with van der Waals surface area (Å²) >= 11 is 0. The van der Waals surface area contributed by atoms with Crippen molar-refractivity contribution in [2.75, 3.05) is 0 Å². The topological polar surface area (TPSA) is 26.0 Å². The molecule has 11 heavy (non-hydrogen) atoms. The Morgan fingerprint density at radius 3 is 3.18 bits per heavy atom. The second kappa shape index (κ2) is 2.82. The van der Waals surface area contributed by atoms with Gasteiger partial charge in [-0.3, -0.25) is 0 Å². The largest absolute Gasteiger partial charge is 0.324 e. The summed E-state index contributed by atoms with van der Waals surface area (Å²) < 4.78 is 0. The molecule has 0 amide bonds. The predicted octanol–water partition coefficient (Wildman–Crippen LogP) is 2.00. The van der Waals surface area contributed by atoms with Gasteiger partial charge in [-0.25, -0.2) is 0 Å². The summed E-state index contributed by atoms with van der Waals surface area (Å²) in [5.41, 5.74) is 7.43. The van der Waals surface area contributed by atoms with Crippen LogP contribution in [0.2, 0.25) is 0 Å². The van der Waals surface area contributed by atoms with E-state index in [4.69, 9.17) is 5.73 Å². The highest BCUT2D eigenvalue weighted by Crippen LogP contribution is 2.31. The Bertz CT molecular complexity index is 203. The van der Waals surface area contributed by atoms with Crippen LogP contribution in [0.5, 0.6) is 0 Å². The highest BCUT2D eigenvalue weighted by Gasteiger charge is 2.19. The van der Waals surface area contributed by atoms with Gasteiger partial charge < -0.3 is 5.73 Å². The maximum atomic E-state index is 5.84. The van der Waals surface area contributed by atoms with E-state index < -0.39 is 0 Å². The van der Waals surface area contributed by atoms with Crippen LogP contribution in [-0.2, 0) is 0 Å². The summed E-state index contributed by atoms with van der Waals surface area (Å²) in [5.74, 6) is 0.739. The van der Waals surface area contributed by atoms with E-state index in [-0.39, 0.29) is 0 Å². The van der Waals surface area contributed by atoms with E-state index in [2.05, 4.69) is 18.2 Å². The highest BCUT2D eigenvalue weighted by atomic mass is 14.6. The van der Waals surface area contributed by atoms with Crippen molar-refractivity contribution in [3.8, 4) is 0 Å². The maximum Gasteiger partial charge on any atom is 0.0226 e. The lowest BCUT2D eigenvalue weighted by Crippen LogP contribution is -2.25. The second-order valence-corrected chi connectivity index (χ2v) is 3.56. The number of rotatable bonds is 0. The predicted molar refractivity (Wildman–Crippen MR) is 47.2 cm³/mol.